The maximum absolute atomic E-state index is 14.6. The average Bonchev–Trinajstić information content (AvgIpc) is 3.10. The number of fused-ring (bicyclic) bond motifs is 1. The molecule has 146 valence electrons. The number of nitrogens with zero attached hydrogens (tertiary/aromatic N) is 2. The summed E-state index contributed by atoms with van der Waals surface area (Å²) in [5.74, 6) is 0.0715. The Morgan fingerprint density at radius 2 is 2.00 bits per heavy atom. The fourth-order valence-electron chi connectivity index (χ4n) is 3.00. The molecule has 1 aliphatic rings. The first kappa shape index (κ1) is 18.6. The van der Waals surface area contributed by atoms with Crippen LogP contribution in [0.25, 0.3) is 11.0 Å². The van der Waals surface area contributed by atoms with Crippen LogP contribution in [-0.2, 0) is 9.47 Å². The lowest BCUT2D eigenvalue weighted by atomic mass is 10.2. The van der Waals surface area contributed by atoms with Crippen molar-refractivity contribution >= 4 is 40.5 Å². The maximum atomic E-state index is 14.6. The number of hydrogen-bond acceptors (Lipinski definition) is 6. The van der Waals surface area contributed by atoms with E-state index in [9.17, 15) is 9.18 Å². The van der Waals surface area contributed by atoms with Crippen molar-refractivity contribution < 1.29 is 18.7 Å². The molecule has 2 N–H and O–H groups in total. The third-order valence-electron chi connectivity index (χ3n) is 4.37. The number of morpholine rings is 1. The molecule has 0 saturated carbocycles. The summed E-state index contributed by atoms with van der Waals surface area (Å²) in [7, 11) is 1.29. The maximum Gasteiger partial charge on any atom is 0.413 e. The number of ether oxygens (including phenoxy) is 2. The minimum Gasteiger partial charge on any atom is -0.453 e. The summed E-state index contributed by atoms with van der Waals surface area (Å²) in [6.07, 6.45) is -0.593. The van der Waals surface area contributed by atoms with Crippen LogP contribution in [-0.4, -0.2) is 49.5 Å². The van der Waals surface area contributed by atoms with Gasteiger partial charge in [0.05, 0.1) is 37.0 Å². The van der Waals surface area contributed by atoms with Gasteiger partial charge in [0.25, 0.3) is 0 Å². The Kier molecular flexibility index (Phi) is 5.36. The van der Waals surface area contributed by atoms with Gasteiger partial charge >= 0.3 is 6.09 Å². The summed E-state index contributed by atoms with van der Waals surface area (Å²) in [4.78, 5) is 22.3. The van der Waals surface area contributed by atoms with Crippen LogP contribution in [0.3, 0.4) is 0 Å². The van der Waals surface area contributed by atoms with E-state index in [0.717, 1.165) is 15.3 Å². The molecule has 1 fully saturated rings. The summed E-state index contributed by atoms with van der Waals surface area (Å²) < 4.78 is 24.5. The van der Waals surface area contributed by atoms with Crippen molar-refractivity contribution in [1.29, 1.82) is 0 Å². The predicted octanol–water partition coefficient (Wildman–Crippen LogP) is 3.87. The van der Waals surface area contributed by atoms with Gasteiger partial charge < -0.3 is 19.4 Å². The second-order valence-electron chi connectivity index (χ2n) is 6.20. The number of aromatic nitrogens is 2. The van der Waals surface area contributed by atoms with E-state index in [4.69, 9.17) is 4.74 Å². The second-order valence-corrected chi connectivity index (χ2v) is 7.34. The summed E-state index contributed by atoms with van der Waals surface area (Å²) in [5, 5.41) is 2.50. The molecule has 2 heterocycles. The van der Waals surface area contributed by atoms with E-state index in [1.807, 2.05) is 35.2 Å². The fraction of sp³-hybridized carbons (Fsp3) is 0.263. The summed E-state index contributed by atoms with van der Waals surface area (Å²) in [6.45, 7) is 2.63. The van der Waals surface area contributed by atoms with Crippen molar-refractivity contribution in [3.05, 3.63) is 42.2 Å². The van der Waals surface area contributed by atoms with E-state index in [0.29, 0.717) is 43.5 Å². The average molecular weight is 402 g/mol. The van der Waals surface area contributed by atoms with Crippen LogP contribution in [0.1, 0.15) is 0 Å². The Bertz CT molecular complexity index is 1000. The molecular weight excluding hydrogens is 383 g/mol. The van der Waals surface area contributed by atoms with Gasteiger partial charge in [-0.1, -0.05) is 11.8 Å². The number of methoxy groups -OCH3 is 1. The van der Waals surface area contributed by atoms with Crippen molar-refractivity contribution in [1.82, 2.24) is 9.97 Å². The van der Waals surface area contributed by atoms with Crippen molar-refractivity contribution in [3.8, 4) is 0 Å². The van der Waals surface area contributed by atoms with Crippen molar-refractivity contribution in [2.45, 2.75) is 9.79 Å². The van der Waals surface area contributed by atoms with Crippen LogP contribution >= 0.6 is 11.8 Å². The number of nitrogens with one attached hydrogen (secondary N) is 2. The molecule has 4 rings (SSSR count). The molecule has 0 bridgehead atoms. The predicted molar refractivity (Wildman–Crippen MR) is 106 cm³/mol. The van der Waals surface area contributed by atoms with Crippen molar-refractivity contribution in [2.75, 3.05) is 43.6 Å². The van der Waals surface area contributed by atoms with Gasteiger partial charge in [0.2, 0.25) is 5.95 Å². The minimum atomic E-state index is -0.593. The van der Waals surface area contributed by atoms with Gasteiger partial charge in [-0.25, -0.2) is 14.2 Å². The van der Waals surface area contributed by atoms with E-state index in [1.54, 1.807) is 6.07 Å². The fourth-order valence-corrected chi connectivity index (χ4v) is 3.88. The third-order valence-corrected chi connectivity index (χ3v) is 5.35. The number of amides is 1. The van der Waals surface area contributed by atoms with Gasteiger partial charge in [0.15, 0.2) is 0 Å². The first-order chi connectivity index (χ1) is 13.6. The number of hydrogen-bond donors (Lipinski definition) is 2. The smallest absolute Gasteiger partial charge is 0.413 e. The summed E-state index contributed by atoms with van der Waals surface area (Å²) >= 11 is 1.45. The van der Waals surface area contributed by atoms with Gasteiger partial charge in [-0.05, 0) is 36.4 Å². The number of H-pyrrole nitrogens is 1. The molecule has 1 saturated heterocycles. The zero-order valence-electron chi connectivity index (χ0n) is 15.2. The van der Waals surface area contributed by atoms with Crippen LogP contribution in [0.5, 0.6) is 0 Å². The Morgan fingerprint density at radius 1 is 1.25 bits per heavy atom. The molecule has 0 aliphatic carbocycles. The highest BCUT2D eigenvalue weighted by atomic mass is 32.2. The van der Waals surface area contributed by atoms with Crippen molar-refractivity contribution in [2.24, 2.45) is 0 Å². The number of imidazole rings is 1. The molecule has 3 aromatic rings. The lowest BCUT2D eigenvalue weighted by molar-refractivity contribution is 0.122. The molecule has 0 atom stereocenters. The number of rotatable bonds is 4. The molecular formula is C19H19FN4O3S. The molecule has 9 heteroatoms. The lowest BCUT2D eigenvalue weighted by Gasteiger charge is -2.29. The third kappa shape index (κ3) is 4.05. The number of carbonyl (C=O) groups excluding carboxylic acids is 1. The number of benzene rings is 2. The van der Waals surface area contributed by atoms with Gasteiger partial charge in [-0.2, -0.15) is 0 Å². The SMILES string of the molecule is COC(=O)Nc1nc2cc(Sc3ccc(N4CCOCC4)c(F)c3)ccc2[nH]1. The largest absolute Gasteiger partial charge is 0.453 e. The second kappa shape index (κ2) is 8.07. The molecule has 28 heavy (non-hydrogen) atoms. The Hall–Kier alpha value is -2.78. The number of anilines is 2. The normalized spacial score (nSPS) is 14.3. The zero-order chi connectivity index (χ0) is 19.5. The van der Waals surface area contributed by atoms with Gasteiger partial charge in [-0.3, -0.25) is 5.32 Å². The van der Waals surface area contributed by atoms with Crippen molar-refractivity contribution in [3.63, 3.8) is 0 Å². The first-order valence-electron chi connectivity index (χ1n) is 8.77. The van der Waals surface area contributed by atoms with Crippen LogP contribution in [0.4, 0.5) is 20.8 Å². The van der Waals surface area contributed by atoms with Crippen LogP contribution in [0.15, 0.2) is 46.2 Å². The summed E-state index contributed by atoms with van der Waals surface area (Å²) in [6, 6.07) is 10.9. The molecule has 0 spiro atoms. The molecule has 0 radical (unpaired) electrons. The van der Waals surface area contributed by atoms with E-state index in [2.05, 4.69) is 20.0 Å². The van der Waals surface area contributed by atoms with E-state index in [-0.39, 0.29) is 5.82 Å². The highest BCUT2D eigenvalue weighted by Crippen LogP contribution is 2.33. The highest BCUT2D eigenvalue weighted by Gasteiger charge is 2.16. The first-order valence-corrected chi connectivity index (χ1v) is 9.59. The quantitative estimate of drug-likeness (QED) is 0.690. The van der Waals surface area contributed by atoms with E-state index < -0.39 is 6.09 Å². The Balaban J connectivity index is 1.51. The number of aromatic amines is 1. The molecule has 1 aliphatic heterocycles. The molecule has 1 amide bonds. The Labute approximate surface area is 165 Å². The van der Waals surface area contributed by atoms with E-state index >= 15 is 0 Å². The molecule has 1 aromatic heterocycles. The molecule has 7 nitrogen and oxygen atoms in total. The highest BCUT2D eigenvalue weighted by molar-refractivity contribution is 7.99. The monoisotopic (exact) mass is 402 g/mol. The van der Waals surface area contributed by atoms with Gasteiger partial charge in [0, 0.05) is 22.9 Å². The van der Waals surface area contributed by atoms with Gasteiger partial charge in [0.1, 0.15) is 5.82 Å². The van der Waals surface area contributed by atoms with Crippen LogP contribution < -0.4 is 10.2 Å². The van der Waals surface area contributed by atoms with Gasteiger partial charge in [-0.15, -0.1) is 0 Å². The van der Waals surface area contributed by atoms with Crippen LogP contribution in [0, 0.1) is 5.82 Å². The Morgan fingerprint density at radius 3 is 2.75 bits per heavy atom. The number of halogens is 1. The standard InChI is InChI=1S/C19H19FN4O3S/c1-26-19(25)23-18-21-15-4-2-13(11-16(15)22-18)28-12-3-5-17(14(20)10-12)24-6-8-27-9-7-24/h2-5,10-11H,6-9H2,1H3,(H2,21,22,23,25). The zero-order valence-corrected chi connectivity index (χ0v) is 16.0. The topological polar surface area (TPSA) is 79.5 Å². The molecule has 2 aromatic carbocycles. The summed E-state index contributed by atoms with van der Waals surface area (Å²) in [5.41, 5.74) is 2.08. The van der Waals surface area contributed by atoms with E-state index in [1.165, 1.54) is 18.9 Å². The molecule has 0 unspecified atom stereocenters. The number of carbonyl (C=O) groups is 1. The van der Waals surface area contributed by atoms with Crippen LogP contribution in [0.2, 0.25) is 0 Å². The minimum absolute atomic E-state index is 0.239. The lowest BCUT2D eigenvalue weighted by Crippen LogP contribution is -2.36.